The second-order valence-electron chi connectivity index (χ2n) is 3.91. The van der Waals surface area contributed by atoms with Crippen LogP contribution in [-0.4, -0.2) is 21.6 Å². The minimum absolute atomic E-state index is 0.293. The zero-order valence-electron chi connectivity index (χ0n) is 9.21. The molecule has 0 aliphatic rings. The van der Waals surface area contributed by atoms with E-state index in [9.17, 15) is 4.79 Å². The number of carboxylic acid groups (broad SMARTS) is 1. The van der Waals surface area contributed by atoms with E-state index in [2.05, 4.69) is 20.8 Å². The number of hydrogen-bond donors (Lipinski definition) is 1. The molecule has 0 saturated carbocycles. The van der Waals surface area contributed by atoms with Gasteiger partial charge in [0.2, 0.25) is 0 Å². The Labute approximate surface area is 94.6 Å². The largest absolute Gasteiger partial charge is 0.481 e. The van der Waals surface area contributed by atoms with Crippen molar-refractivity contribution < 1.29 is 9.90 Å². The highest BCUT2D eigenvalue weighted by molar-refractivity contribution is 8.77. The quantitative estimate of drug-likeness (QED) is 0.513. The lowest BCUT2D eigenvalue weighted by atomic mass is 10.1. The van der Waals surface area contributed by atoms with E-state index in [0.29, 0.717) is 11.2 Å². The van der Waals surface area contributed by atoms with Crippen LogP contribution in [0.1, 0.15) is 46.5 Å². The predicted molar refractivity (Wildman–Crippen MR) is 65.9 cm³/mol. The van der Waals surface area contributed by atoms with Gasteiger partial charge in [-0.05, 0) is 26.7 Å². The Balaban J connectivity index is 3.39. The van der Waals surface area contributed by atoms with Crippen molar-refractivity contribution in [1.82, 2.24) is 0 Å². The van der Waals surface area contributed by atoms with E-state index in [1.54, 1.807) is 10.8 Å². The first-order valence-electron chi connectivity index (χ1n) is 5.00. The van der Waals surface area contributed by atoms with E-state index in [4.69, 9.17) is 5.11 Å². The fourth-order valence-electron chi connectivity index (χ4n) is 1.13. The molecule has 0 atom stereocenters. The lowest BCUT2D eigenvalue weighted by Crippen LogP contribution is -2.12. The standard InChI is InChI=1S/C10H20O2S2/c1-4-7-10(2,3)14-13-8-5-6-9(11)12/h4-8H2,1-3H3,(H,11,12). The van der Waals surface area contributed by atoms with E-state index >= 15 is 0 Å². The monoisotopic (exact) mass is 236 g/mol. The summed E-state index contributed by atoms with van der Waals surface area (Å²) in [6, 6.07) is 0. The summed E-state index contributed by atoms with van der Waals surface area (Å²) in [7, 11) is 3.67. The molecule has 0 radical (unpaired) electrons. The highest BCUT2D eigenvalue weighted by Gasteiger charge is 2.17. The maximum absolute atomic E-state index is 10.2. The average Bonchev–Trinajstić information content (AvgIpc) is 2.02. The Morgan fingerprint density at radius 2 is 2.07 bits per heavy atom. The summed E-state index contributed by atoms with van der Waals surface area (Å²) in [5.74, 6) is 0.243. The zero-order chi connectivity index (χ0) is 11.0. The van der Waals surface area contributed by atoms with Gasteiger partial charge in [0, 0.05) is 16.9 Å². The van der Waals surface area contributed by atoms with Crippen molar-refractivity contribution in [1.29, 1.82) is 0 Å². The Morgan fingerprint density at radius 1 is 1.43 bits per heavy atom. The zero-order valence-corrected chi connectivity index (χ0v) is 10.8. The average molecular weight is 236 g/mol. The van der Waals surface area contributed by atoms with Gasteiger partial charge in [-0.15, -0.1) is 0 Å². The molecular formula is C10H20O2S2. The molecule has 0 aromatic rings. The summed E-state index contributed by atoms with van der Waals surface area (Å²) < 4.78 is 0.322. The molecule has 84 valence electrons. The van der Waals surface area contributed by atoms with Crippen molar-refractivity contribution in [2.75, 3.05) is 5.75 Å². The Morgan fingerprint density at radius 3 is 2.57 bits per heavy atom. The molecule has 0 saturated heterocycles. The molecule has 1 N–H and O–H groups in total. The molecule has 14 heavy (non-hydrogen) atoms. The van der Waals surface area contributed by atoms with E-state index < -0.39 is 5.97 Å². The summed E-state index contributed by atoms with van der Waals surface area (Å²) in [6.45, 7) is 6.67. The summed E-state index contributed by atoms with van der Waals surface area (Å²) in [5, 5.41) is 8.44. The third-order valence-corrected chi connectivity index (χ3v) is 5.19. The van der Waals surface area contributed by atoms with Gasteiger partial charge in [-0.2, -0.15) is 0 Å². The SMILES string of the molecule is CCCC(C)(C)SSCCCC(=O)O. The van der Waals surface area contributed by atoms with Crippen molar-refractivity contribution in [3.8, 4) is 0 Å². The fraction of sp³-hybridized carbons (Fsp3) is 0.900. The molecule has 0 unspecified atom stereocenters. The highest BCUT2D eigenvalue weighted by atomic mass is 33.1. The van der Waals surface area contributed by atoms with Gasteiger partial charge >= 0.3 is 5.97 Å². The van der Waals surface area contributed by atoms with Crippen LogP contribution in [0.15, 0.2) is 0 Å². The highest BCUT2D eigenvalue weighted by Crippen LogP contribution is 2.38. The van der Waals surface area contributed by atoms with Gasteiger partial charge in [-0.1, -0.05) is 34.9 Å². The van der Waals surface area contributed by atoms with Crippen molar-refractivity contribution >= 4 is 27.6 Å². The lowest BCUT2D eigenvalue weighted by Gasteiger charge is -2.22. The van der Waals surface area contributed by atoms with Gasteiger partial charge in [0.05, 0.1) is 0 Å². The van der Waals surface area contributed by atoms with Crippen LogP contribution in [0.3, 0.4) is 0 Å². The second kappa shape index (κ2) is 7.46. The van der Waals surface area contributed by atoms with Gasteiger partial charge < -0.3 is 5.11 Å². The number of rotatable bonds is 8. The van der Waals surface area contributed by atoms with Crippen LogP contribution in [0, 0.1) is 0 Å². The third-order valence-electron chi connectivity index (χ3n) is 1.75. The van der Waals surface area contributed by atoms with Crippen LogP contribution in [0.2, 0.25) is 0 Å². The van der Waals surface area contributed by atoms with Crippen LogP contribution in [0.4, 0.5) is 0 Å². The summed E-state index contributed by atoms with van der Waals surface area (Å²) in [4.78, 5) is 10.2. The molecule has 0 aliphatic heterocycles. The van der Waals surface area contributed by atoms with Gasteiger partial charge in [0.1, 0.15) is 0 Å². The summed E-state index contributed by atoms with van der Waals surface area (Å²) in [6.07, 6.45) is 3.48. The van der Waals surface area contributed by atoms with Crippen molar-refractivity contribution in [3.63, 3.8) is 0 Å². The topological polar surface area (TPSA) is 37.3 Å². The van der Waals surface area contributed by atoms with Gasteiger partial charge in [0.25, 0.3) is 0 Å². The van der Waals surface area contributed by atoms with Gasteiger partial charge in [-0.3, -0.25) is 4.79 Å². The summed E-state index contributed by atoms with van der Waals surface area (Å²) in [5.41, 5.74) is 0. The molecule has 0 aromatic carbocycles. The molecule has 0 amide bonds. The Hall–Kier alpha value is 0.170. The fourth-order valence-corrected chi connectivity index (χ4v) is 3.89. The molecule has 0 bridgehead atoms. The normalized spacial score (nSPS) is 11.6. The molecular weight excluding hydrogens is 216 g/mol. The van der Waals surface area contributed by atoms with Crippen molar-refractivity contribution in [2.45, 2.75) is 51.2 Å². The van der Waals surface area contributed by atoms with Crippen LogP contribution in [0.5, 0.6) is 0 Å². The number of carbonyl (C=O) groups is 1. The van der Waals surface area contributed by atoms with E-state index in [0.717, 1.165) is 12.2 Å². The van der Waals surface area contributed by atoms with E-state index in [-0.39, 0.29) is 0 Å². The predicted octanol–water partition coefficient (Wildman–Crippen LogP) is 3.81. The number of carboxylic acids is 1. The Kier molecular flexibility index (Phi) is 7.55. The van der Waals surface area contributed by atoms with E-state index in [1.165, 1.54) is 12.8 Å². The third kappa shape index (κ3) is 8.75. The second-order valence-corrected chi connectivity index (χ2v) is 7.04. The first-order valence-corrected chi connectivity index (χ1v) is 7.32. The minimum Gasteiger partial charge on any atom is -0.481 e. The number of aliphatic carboxylic acids is 1. The number of hydrogen-bond acceptors (Lipinski definition) is 3. The molecule has 4 heteroatoms. The maximum atomic E-state index is 10.2. The van der Waals surface area contributed by atoms with Crippen LogP contribution < -0.4 is 0 Å². The van der Waals surface area contributed by atoms with Gasteiger partial charge in [-0.25, -0.2) is 0 Å². The molecule has 0 rings (SSSR count). The van der Waals surface area contributed by atoms with Crippen LogP contribution in [0.25, 0.3) is 0 Å². The molecule has 0 heterocycles. The Bertz CT molecular complexity index is 170. The molecule has 2 nitrogen and oxygen atoms in total. The first kappa shape index (κ1) is 14.2. The molecule has 0 spiro atoms. The maximum Gasteiger partial charge on any atom is 0.303 e. The van der Waals surface area contributed by atoms with Crippen LogP contribution in [-0.2, 0) is 4.79 Å². The summed E-state index contributed by atoms with van der Waals surface area (Å²) >= 11 is 0. The van der Waals surface area contributed by atoms with Crippen molar-refractivity contribution in [3.05, 3.63) is 0 Å². The molecule has 0 fully saturated rings. The van der Waals surface area contributed by atoms with Gasteiger partial charge in [0.15, 0.2) is 0 Å². The first-order chi connectivity index (χ1) is 6.48. The van der Waals surface area contributed by atoms with Crippen molar-refractivity contribution in [2.24, 2.45) is 0 Å². The van der Waals surface area contributed by atoms with E-state index in [1.807, 2.05) is 10.8 Å². The molecule has 0 aromatic heterocycles. The lowest BCUT2D eigenvalue weighted by molar-refractivity contribution is -0.137. The molecule has 0 aliphatic carbocycles. The minimum atomic E-state index is -0.691. The van der Waals surface area contributed by atoms with Crippen LogP contribution >= 0.6 is 21.6 Å². The smallest absolute Gasteiger partial charge is 0.303 e.